The van der Waals surface area contributed by atoms with Gasteiger partial charge in [0.2, 0.25) is 5.91 Å². The van der Waals surface area contributed by atoms with E-state index in [1.54, 1.807) is 6.20 Å². The minimum Gasteiger partial charge on any atom is -0.310 e. The Morgan fingerprint density at radius 3 is 2.56 bits per heavy atom. The fourth-order valence-electron chi connectivity index (χ4n) is 3.49. The number of anilines is 1. The van der Waals surface area contributed by atoms with Crippen LogP contribution in [0.3, 0.4) is 0 Å². The van der Waals surface area contributed by atoms with E-state index >= 15 is 0 Å². The lowest BCUT2D eigenvalue weighted by atomic mass is 9.91. The normalized spacial score (nSPS) is 17.8. The predicted octanol–water partition coefficient (Wildman–Crippen LogP) is 2.40. The molecule has 2 aromatic heterocycles. The first kappa shape index (κ1) is 17.7. The van der Waals surface area contributed by atoms with Crippen molar-refractivity contribution in [2.45, 2.75) is 51.6 Å². The van der Waals surface area contributed by atoms with Crippen LogP contribution in [-0.4, -0.2) is 49.5 Å². The molecule has 25 heavy (non-hydrogen) atoms. The molecule has 1 aliphatic rings. The largest absolute Gasteiger partial charge is 0.310 e. The standard InChI is InChI=1S/C18H28N6O/c1-13(2)24-17(5-8-19-24)21-18(25)14(3)23-9-6-15(7-10-23)16-11-20-22(4)12-16/h5,8,11-15H,6-7,9-10H2,1-4H3,(H,21,25)/t14-/m0/s1. The molecule has 0 unspecified atom stereocenters. The van der Waals surface area contributed by atoms with Gasteiger partial charge in [-0.15, -0.1) is 0 Å². The van der Waals surface area contributed by atoms with E-state index in [4.69, 9.17) is 0 Å². The molecule has 0 aliphatic carbocycles. The molecular formula is C18H28N6O. The van der Waals surface area contributed by atoms with Crippen LogP contribution in [0, 0.1) is 0 Å². The highest BCUT2D eigenvalue weighted by Gasteiger charge is 2.28. The van der Waals surface area contributed by atoms with Gasteiger partial charge in [0.15, 0.2) is 0 Å². The lowest BCUT2D eigenvalue weighted by molar-refractivity contribution is -0.121. The molecule has 0 aromatic carbocycles. The molecule has 0 radical (unpaired) electrons. The van der Waals surface area contributed by atoms with Crippen molar-refractivity contribution in [3.8, 4) is 0 Å². The lowest BCUT2D eigenvalue weighted by Gasteiger charge is -2.35. The fourth-order valence-corrected chi connectivity index (χ4v) is 3.49. The first-order chi connectivity index (χ1) is 12.0. The van der Waals surface area contributed by atoms with E-state index in [-0.39, 0.29) is 18.0 Å². The Bertz CT molecular complexity index is 711. The SMILES string of the molecule is CC(C)n1nccc1NC(=O)[C@H](C)N1CCC(c2cnn(C)c2)CC1. The number of carbonyl (C=O) groups is 1. The second kappa shape index (κ2) is 7.39. The number of likely N-dealkylation sites (tertiary alicyclic amines) is 1. The van der Waals surface area contributed by atoms with Crippen LogP contribution >= 0.6 is 0 Å². The minimum absolute atomic E-state index is 0.0298. The van der Waals surface area contributed by atoms with Crippen LogP contribution in [0.1, 0.15) is 51.1 Å². The number of hydrogen-bond acceptors (Lipinski definition) is 4. The van der Waals surface area contributed by atoms with Gasteiger partial charge in [-0.1, -0.05) is 0 Å². The van der Waals surface area contributed by atoms with Crippen LogP contribution in [0.15, 0.2) is 24.7 Å². The van der Waals surface area contributed by atoms with Gasteiger partial charge in [-0.3, -0.25) is 14.4 Å². The lowest BCUT2D eigenvalue weighted by Crippen LogP contribution is -2.46. The Labute approximate surface area is 149 Å². The zero-order chi connectivity index (χ0) is 18.0. The number of nitrogens with zero attached hydrogens (tertiary/aromatic N) is 5. The fraction of sp³-hybridized carbons (Fsp3) is 0.611. The Morgan fingerprint density at radius 2 is 1.96 bits per heavy atom. The van der Waals surface area contributed by atoms with Crippen molar-refractivity contribution in [3.05, 3.63) is 30.2 Å². The molecule has 1 amide bonds. The molecule has 7 nitrogen and oxygen atoms in total. The average Bonchev–Trinajstić information content (AvgIpc) is 3.23. The summed E-state index contributed by atoms with van der Waals surface area (Å²) < 4.78 is 3.69. The Morgan fingerprint density at radius 1 is 1.24 bits per heavy atom. The van der Waals surface area contributed by atoms with E-state index in [1.165, 1.54) is 5.56 Å². The predicted molar refractivity (Wildman–Crippen MR) is 97.5 cm³/mol. The molecule has 1 atom stereocenters. The van der Waals surface area contributed by atoms with Crippen LogP contribution in [0.25, 0.3) is 0 Å². The van der Waals surface area contributed by atoms with Gasteiger partial charge in [0.05, 0.1) is 18.4 Å². The molecule has 0 saturated carbocycles. The third-order valence-corrected chi connectivity index (χ3v) is 5.06. The van der Waals surface area contributed by atoms with Gasteiger partial charge in [0.25, 0.3) is 0 Å². The molecule has 3 heterocycles. The monoisotopic (exact) mass is 344 g/mol. The number of carbonyl (C=O) groups excluding carboxylic acids is 1. The number of hydrogen-bond donors (Lipinski definition) is 1. The second-order valence-corrected chi connectivity index (χ2v) is 7.18. The van der Waals surface area contributed by atoms with E-state index in [0.717, 1.165) is 31.7 Å². The number of piperidine rings is 1. The molecule has 0 spiro atoms. The van der Waals surface area contributed by atoms with E-state index in [2.05, 4.69) is 40.5 Å². The quantitative estimate of drug-likeness (QED) is 0.904. The Kier molecular flexibility index (Phi) is 5.22. The minimum atomic E-state index is -0.148. The van der Waals surface area contributed by atoms with Crippen LogP contribution in [0.5, 0.6) is 0 Å². The summed E-state index contributed by atoms with van der Waals surface area (Å²) in [5, 5.41) is 11.6. The van der Waals surface area contributed by atoms with Crippen molar-refractivity contribution in [2.24, 2.45) is 7.05 Å². The van der Waals surface area contributed by atoms with Crippen LogP contribution in [-0.2, 0) is 11.8 Å². The Hall–Kier alpha value is -2.15. The maximum atomic E-state index is 12.6. The van der Waals surface area contributed by atoms with Gasteiger partial charge in [-0.2, -0.15) is 10.2 Å². The maximum absolute atomic E-state index is 12.6. The molecule has 1 N–H and O–H groups in total. The number of amides is 1. The number of aromatic nitrogens is 4. The summed E-state index contributed by atoms with van der Waals surface area (Å²) >= 11 is 0. The zero-order valence-corrected chi connectivity index (χ0v) is 15.5. The summed E-state index contributed by atoms with van der Waals surface area (Å²) in [6.45, 7) is 7.94. The molecule has 3 rings (SSSR count). The van der Waals surface area contributed by atoms with E-state index in [9.17, 15) is 4.79 Å². The van der Waals surface area contributed by atoms with Gasteiger partial charge < -0.3 is 5.32 Å². The van der Waals surface area contributed by atoms with Crippen molar-refractivity contribution in [3.63, 3.8) is 0 Å². The van der Waals surface area contributed by atoms with Gasteiger partial charge >= 0.3 is 0 Å². The van der Waals surface area contributed by atoms with E-state index < -0.39 is 0 Å². The van der Waals surface area contributed by atoms with Gasteiger partial charge in [0.1, 0.15) is 5.82 Å². The Balaban J connectivity index is 1.55. The van der Waals surface area contributed by atoms with Crippen molar-refractivity contribution in [1.82, 2.24) is 24.5 Å². The second-order valence-electron chi connectivity index (χ2n) is 7.18. The van der Waals surface area contributed by atoms with Crippen molar-refractivity contribution in [1.29, 1.82) is 0 Å². The van der Waals surface area contributed by atoms with Crippen LogP contribution < -0.4 is 5.32 Å². The first-order valence-electron chi connectivity index (χ1n) is 9.02. The summed E-state index contributed by atoms with van der Waals surface area (Å²) in [6, 6.07) is 1.92. The summed E-state index contributed by atoms with van der Waals surface area (Å²) in [5.41, 5.74) is 1.31. The van der Waals surface area contributed by atoms with E-state index in [1.807, 2.05) is 35.6 Å². The number of nitrogens with one attached hydrogen (secondary N) is 1. The van der Waals surface area contributed by atoms with Crippen molar-refractivity contribution < 1.29 is 4.79 Å². The summed E-state index contributed by atoms with van der Waals surface area (Å²) in [7, 11) is 1.95. The summed E-state index contributed by atoms with van der Waals surface area (Å²) in [4.78, 5) is 14.9. The van der Waals surface area contributed by atoms with Crippen LogP contribution in [0.4, 0.5) is 5.82 Å². The third kappa shape index (κ3) is 3.92. The van der Waals surface area contributed by atoms with Gasteiger partial charge in [-0.05, 0) is 58.2 Å². The van der Waals surface area contributed by atoms with Gasteiger partial charge in [-0.25, -0.2) is 4.68 Å². The maximum Gasteiger partial charge on any atom is 0.242 e. The molecule has 0 bridgehead atoms. The first-order valence-corrected chi connectivity index (χ1v) is 9.02. The zero-order valence-electron chi connectivity index (χ0n) is 15.5. The average molecular weight is 344 g/mol. The van der Waals surface area contributed by atoms with Gasteiger partial charge in [0, 0.05) is 25.4 Å². The third-order valence-electron chi connectivity index (χ3n) is 5.06. The smallest absolute Gasteiger partial charge is 0.242 e. The van der Waals surface area contributed by atoms with Crippen LogP contribution in [0.2, 0.25) is 0 Å². The highest BCUT2D eigenvalue weighted by molar-refractivity contribution is 5.93. The highest BCUT2D eigenvalue weighted by Crippen LogP contribution is 2.28. The highest BCUT2D eigenvalue weighted by atomic mass is 16.2. The molecule has 1 aliphatic heterocycles. The topological polar surface area (TPSA) is 68.0 Å². The molecule has 7 heteroatoms. The van der Waals surface area contributed by atoms with Crippen molar-refractivity contribution in [2.75, 3.05) is 18.4 Å². The molecular weight excluding hydrogens is 316 g/mol. The summed E-state index contributed by atoms with van der Waals surface area (Å²) in [6.07, 6.45) is 7.91. The molecule has 1 fully saturated rings. The summed E-state index contributed by atoms with van der Waals surface area (Å²) in [5.74, 6) is 1.34. The molecule has 136 valence electrons. The number of aryl methyl sites for hydroxylation is 1. The molecule has 2 aromatic rings. The van der Waals surface area contributed by atoms with Crippen molar-refractivity contribution >= 4 is 11.7 Å². The molecule has 1 saturated heterocycles. The van der Waals surface area contributed by atoms with E-state index in [0.29, 0.717) is 5.92 Å². The number of rotatable bonds is 5.